The van der Waals surface area contributed by atoms with Crippen molar-refractivity contribution < 1.29 is 4.42 Å². The van der Waals surface area contributed by atoms with Crippen LogP contribution in [-0.2, 0) is 0 Å². The number of furan rings is 1. The second-order valence-electron chi connectivity index (χ2n) is 4.16. The molecule has 2 aromatic heterocycles. The van der Waals surface area contributed by atoms with E-state index in [-0.39, 0.29) is 6.04 Å². The summed E-state index contributed by atoms with van der Waals surface area (Å²) in [6.07, 6.45) is 5.28. The predicted molar refractivity (Wildman–Crippen MR) is 76.0 cm³/mol. The molecule has 5 heteroatoms. The summed E-state index contributed by atoms with van der Waals surface area (Å²) in [4.78, 5) is 0. The first-order chi connectivity index (χ1) is 9.25. The molecule has 1 atom stereocenters. The summed E-state index contributed by atoms with van der Waals surface area (Å²) in [6, 6.07) is 11.4. The molecule has 19 heavy (non-hydrogen) atoms. The van der Waals surface area contributed by atoms with Crippen molar-refractivity contribution in [3.63, 3.8) is 0 Å². The molecule has 1 unspecified atom stereocenters. The van der Waals surface area contributed by atoms with E-state index >= 15 is 0 Å². The standard InChI is InChI=1S/C14H12BrN3O/c15-12-6-7-19-14(12)13(16)10-8-17-18(9-10)11-4-2-1-3-5-11/h1-9,13H,16H2. The third-order valence-electron chi connectivity index (χ3n) is 2.91. The molecule has 0 bridgehead atoms. The van der Waals surface area contributed by atoms with Gasteiger partial charge in [-0.3, -0.25) is 0 Å². The topological polar surface area (TPSA) is 57.0 Å². The fourth-order valence-corrected chi connectivity index (χ4v) is 2.35. The first-order valence-corrected chi connectivity index (χ1v) is 6.63. The van der Waals surface area contributed by atoms with Crippen LogP contribution in [-0.4, -0.2) is 9.78 Å². The van der Waals surface area contributed by atoms with Crippen molar-refractivity contribution in [2.75, 3.05) is 0 Å². The van der Waals surface area contributed by atoms with E-state index in [0.717, 1.165) is 15.7 Å². The van der Waals surface area contributed by atoms with Crippen LogP contribution in [0.4, 0.5) is 0 Å². The minimum Gasteiger partial charge on any atom is -0.466 e. The second kappa shape index (κ2) is 5.03. The summed E-state index contributed by atoms with van der Waals surface area (Å²) in [5.74, 6) is 0.701. The summed E-state index contributed by atoms with van der Waals surface area (Å²) < 4.78 is 8.05. The molecule has 0 spiro atoms. The first-order valence-electron chi connectivity index (χ1n) is 5.84. The molecule has 0 radical (unpaired) electrons. The van der Waals surface area contributed by atoms with Gasteiger partial charge in [0.25, 0.3) is 0 Å². The van der Waals surface area contributed by atoms with Crippen molar-refractivity contribution in [2.45, 2.75) is 6.04 Å². The van der Waals surface area contributed by atoms with Crippen LogP contribution in [0.5, 0.6) is 0 Å². The molecular weight excluding hydrogens is 306 g/mol. The van der Waals surface area contributed by atoms with Crippen LogP contribution in [0.25, 0.3) is 5.69 Å². The smallest absolute Gasteiger partial charge is 0.139 e. The van der Waals surface area contributed by atoms with E-state index in [1.807, 2.05) is 42.6 Å². The van der Waals surface area contributed by atoms with Crippen molar-refractivity contribution >= 4 is 15.9 Å². The number of nitrogens with zero attached hydrogens (tertiary/aromatic N) is 2. The molecule has 0 aliphatic carbocycles. The van der Waals surface area contributed by atoms with Gasteiger partial charge in [0.2, 0.25) is 0 Å². The average Bonchev–Trinajstić information content (AvgIpc) is 3.08. The van der Waals surface area contributed by atoms with E-state index in [1.165, 1.54) is 0 Å². The lowest BCUT2D eigenvalue weighted by Gasteiger charge is -2.06. The molecule has 0 amide bonds. The fraction of sp³-hybridized carbons (Fsp3) is 0.0714. The normalized spacial score (nSPS) is 12.5. The molecule has 0 saturated carbocycles. The Labute approximate surface area is 119 Å². The lowest BCUT2D eigenvalue weighted by Crippen LogP contribution is -2.10. The van der Waals surface area contributed by atoms with Gasteiger partial charge in [-0.2, -0.15) is 5.10 Å². The summed E-state index contributed by atoms with van der Waals surface area (Å²) in [6.45, 7) is 0. The minimum absolute atomic E-state index is 0.332. The second-order valence-corrected chi connectivity index (χ2v) is 5.02. The highest BCUT2D eigenvalue weighted by atomic mass is 79.9. The minimum atomic E-state index is -0.332. The molecule has 1 aromatic carbocycles. The average molecular weight is 318 g/mol. The zero-order chi connectivity index (χ0) is 13.2. The van der Waals surface area contributed by atoms with Crippen molar-refractivity contribution in [2.24, 2.45) is 5.73 Å². The van der Waals surface area contributed by atoms with Crippen molar-refractivity contribution in [1.29, 1.82) is 0 Å². The Morgan fingerprint density at radius 2 is 2.00 bits per heavy atom. The van der Waals surface area contributed by atoms with Crippen LogP contribution in [0.2, 0.25) is 0 Å². The molecule has 0 fully saturated rings. The number of para-hydroxylation sites is 1. The van der Waals surface area contributed by atoms with E-state index < -0.39 is 0 Å². The highest BCUT2D eigenvalue weighted by Gasteiger charge is 2.17. The molecule has 2 heterocycles. The van der Waals surface area contributed by atoms with Crippen LogP contribution < -0.4 is 5.73 Å². The Kier molecular flexibility index (Phi) is 3.23. The summed E-state index contributed by atoms with van der Waals surface area (Å²) in [5, 5.41) is 4.33. The Balaban J connectivity index is 1.92. The van der Waals surface area contributed by atoms with E-state index in [2.05, 4.69) is 21.0 Å². The van der Waals surface area contributed by atoms with Gasteiger partial charge in [-0.15, -0.1) is 0 Å². The Hall–Kier alpha value is -1.85. The Bertz CT molecular complexity index is 675. The molecule has 3 aromatic rings. The van der Waals surface area contributed by atoms with Crippen molar-refractivity contribution in [1.82, 2.24) is 9.78 Å². The fourth-order valence-electron chi connectivity index (χ4n) is 1.90. The van der Waals surface area contributed by atoms with E-state index in [0.29, 0.717) is 5.76 Å². The third-order valence-corrected chi connectivity index (χ3v) is 3.56. The van der Waals surface area contributed by atoms with Crippen LogP contribution >= 0.6 is 15.9 Å². The molecule has 0 aliphatic rings. The number of hydrogen-bond donors (Lipinski definition) is 1. The third kappa shape index (κ3) is 2.34. The van der Waals surface area contributed by atoms with Crippen molar-refractivity contribution in [3.8, 4) is 5.69 Å². The molecule has 0 saturated heterocycles. The predicted octanol–water partition coefficient (Wildman–Crippen LogP) is 3.28. The monoisotopic (exact) mass is 317 g/mol. The Morgan fingerprint density at radius 1 is 1.21 bits per heavy atom. The Morgan fingerprint density at radius 3 is 2.68 bits per heavy atom. The highest BCUT2D eigenvalue weighted by molar-refractivity contribution is 9.10. The van der Waals surface area contributed by atoms with Gasteiger partial charge < -0.3 is 10.2 Å². The maximum Gasteiger partial charge on any atom is 0.139 e. The quantitative estimate of drug-likeness (QED) is 0.806. The highest BCUT2D eigenvalue weighted by Crippen LogP contribution is 2.27. The van der Waals surface area contributed by atoms with Crippen LogP contribution in [0.15, 0.2) is 63.9 Å². The van der Waals surface area contributed by atoms with Gasteiger partial charge in [-0.1, -0.05) is 18.2 Å². The van der Waals surface area contributed by atoms with Gasteiger partial charge in [-0.25, -0.2) is 4.68 Å². The number of rotatable bonds is 3. The van der Waals surface area contributed by atoms with E-state index in [1.54, 1.807) is 17.1 Å². The zero-order valence-electron chi connectivity index (χ0n) is 10.0. The number of hydrogen-bond acceptors (Lipinski definition) is 3. The number of aromatic nitrogens is 2. The summed E-state index contributed by atoms with van der Waals surface area (Å²) in [5.41, 5.74) is 8.08. The molecule has 4 nitrogen and oxygen atoms in total. The van der Waals surface area contributed by atoms with E-state index in [4.69, 9.17) is 10.2 Å². The summed E-state index contributed by atoms with van der Waals surface area (Å²) in [7, 11) is 0. The first kappa shape index (κ1) is 12.2. The number of benzene rings is 1. The van der Waals surface area contributed by atoms with Crippen molar-refractivity contribution in [3.05, 3.63) is 70.9 Å². The maximum atomic E-state index is 6.18. The number of halogens is 1. The van der Waals surface area contributed by atoms with Crippen LogP contribution in [0.1, 0.15) is 17.4 Å². The number of nitrogens with two attached hydrogens (primary N) is 1. The van der Waals surface area contributed by atoms with Gasteiger partial charge in [-0.05, 0) is 34.1 Å². The lowest BCUT2D eigenvalue weighted by molar-refractivity contribution is 0.487. The largest absolute Gasteiger partial charge is 0.466 e. The SMILES string of the molecule is NC(c1cnn(-c2ccccc2)c1)c1occc1Br. The van der Waals surface area contributed by atoms with Gasteiger partial charge in [0.15, 0.2) is 0 Å². The lowest BCUT2D eigenvalue weighted by atomic mass is 10.1. The maximum absolute atomic E-state index is 6.18. The zero-order valence-corrected chi connectivity index (χ0v) is 11.6. The van der Waals surface area contributed by atoms with E-state index in [9.17, 15) is 0 Å². The van der Waals surface area contributed by atoms with Crippen LogP contribution in [0.3, 0.4) is 0 Å². The van der Waals surface area contributed by atoms with Crippen LogP contribution in [0, 0.1) is 0 Å². The molecule has 0 aliphatic heterocycles. The molecule has 3 rings (SSSR count). The van der Waals surface area contributed by atoms with Gasteiger partial charge >= 0.3 is 0 Å². The summed E-state index contributed by atoms with van der Waals surface area (Å²) >= 11 is 3.41. The molecule has 96 valence electrons. The molecular formula is C14H12BrN3O. The molecule has 2 N–H and O–H groups in total. The van der Waals surface area contributed by atoms with Gasteiger partial charge in [0.1, 0.15) is 5.76 Å². The van der Waals surface area contributed by atoms with Gasteiger partial charge in [0, 0.05) is 11.8 Å². The van der Waals surface area contributed by atoms with Gasteiger partial charge in [0.05, 0.1) is 28.7 Å².